The number of benzene rings is 1. The largest absolute Gasteiger partial charge is 0.478 e. The van der Waals surface area contributed by atoms with E-state index in [0.717, 1.165) is 23.9 Å². The average molecular weight is 282 g/mol. The van der Waals surface area contributed by atoms with E-state index in [4.69, 9.17) is 16.7 Å². The van der Waals surface area contributed by atoms with Gasteiger partial charge >= 0.3 is 5.97 Å². The quantitative estimate of drug-likeness (QED) is 0.851. The van der Waals surface area contributed by atoms with Crippen LogP contribution in [0.25, 0.3) is 6.08 Å². The number of rotatable bonds is 4. The number of carboxylic acid groups (broad SMARTS) is 1. The minimum absolute atomic E-state index is 0.144. The fourth-order valence-electron chi connectivity index (χ4n) is 1.97. The summed E-state index contributed by atoms with van der Waals surface area (Å²) in [6.07, 6.45) is 2.65. The lowest BCUT2D eigenvalue weighted by molar-refractivity contribution is -0.131. The summed E-state index contributed by atoms with van der Waals surface area (Å²) in [4.78, 5) is 12.7. The van der Waals surface area contributed by atoms with E-state index >= 15 is 0 Å². The Morgan fingerprint density at radius 2 is 2.05 bits per heavy atom. The average Bonchev–Trinajstić information content (AvgIpc) is 2.24. The Balaban J connectivity index is 3.13. The van der Waals surface area contributed by atoms with Crippen LogP contribution in [0.4, 0.5) is 5.69 Å². The number of anilines is 1. The zero-order valence-electron chi connectivity index (χ0n) is 11.8. The molecule has 4 heteroatoms. The van der Waals surface area contributed by atoms with E-state index in [-0.39, 0.29) is 5.41 Å². The van der Waals surface area contributed by atoms with Crippen LogP contribution in [0.3, 0.4) is 0 Å². The molecule has 0 aliphatic rings. The Labute approximate surface area is 119 Å². The SMILES string of the molecule is CN(CC(C)(C)C)c1cccc(Cl)c1C=CC(=O)O. The molecular formula is C15H20ClNO2. The maximum Gasteiger partial charge on any atom is 0.328 e. The molecule has 104 valence electrons. The zero-order valence-corrected chi connectivity index (χ0v) is 12.5. The van der Waals surface area contributed by atoms with Crippen molar-refractivity contribution in [2.45, 2.75) is 20.8 Å². The normalized spacial score (nSPS) is 11.8. The highest BCUT2D eigenvalue weighted by Gasteiger charge is 2.16. The fourth-order valence-corrected chi connectivity index (χ4v) is 2.21. The van der Waals surface area contributed by atoms with Gasteiger partial charge in [0.05, 0.1) is 0 Å². The predicted octanol–water partition coefficient (Wildman–Crippen LogP) is 3.92. The number of aliphatic carboxylic acids is 1. The standard InChI is InChI=1S/C15H20ClNO2/c1-15(2,3)10-17(4)13-7-5-6-12(16)11(13)8-9-14(18)19/h5-9H,10H2,1-4H3,(H,18,19). The summed E-state index contributed by atoms with van der Waals surface area (Å²) in [6.45, 7) is 7.31. The van der Waals surface area contributed by atoms with Crippen molar-refractivity contribution in [3.05, 3.63) is 34.9 Å². The molecule has 0 radical (unpaired) electrons. The lowest BCUT2D eigenvalue weighted by Gasteiger charge is -2.29. The zero-order chi connectivity index (χ0) is 14.6. The van der Waals surface area contributed by atoms with Gasteiger partial charge in [0, 0.05) is 35.9 Å². The number of carbonyl (C=O) groups is 1. The van der Waals surface area contributed by atoms with Crippen molar-refractivity contribution in [1.29, 1.82) is 0 Å². The minimum Gasteiger partial charge on any atom is -0.478 e. The van der Waals surface area contributed by atoms with Crippen LogP contribution >= 0.6 is 11.6 Å². The number of hydrogen-bond donors (Lipinski definition) is 1. The van der Waals surface area contributed by atoms with Gasteiger partial charge in [-0.05, 0) is 23.6 Å². The molecule has 3 nitrogen and oxygen atoms in total. The van der Waals surface area contributed by atoms with Gasteiger partial charge < -0.3 is 10.0 Å². The van der Waals surface area contributed by atoms with Gasteiger partial charge in [0.15, 0.2) is 0 Å². The Kier molecular flexibility index (Phi) is 5.01. The molecule has 0 saturated carbocycles. The molecule has 1 aromatic rings. The Bertz CT molecular complexity index is 489. The lowest BCUT2D eigenvalue weighted by Crippen LogP contribution is -2.29. The predicted molar refractivity (Wildman–Crippen MR) is 80.8 cm³/mol. The van der Waals surface area contributed by atoms with Crippen LogP contribution in [0.5, 0.6) is 0 Å². The number of carboxylic acids is 1. The first-order valence-corrected chi connectivity index (χ1v) is 6.49. The van der Waals surface area contributed by atoms with E-state index in [9.17, 15) is 4.79 Å². The van der Waals surface area contributed by atoms with Crippen molar-refractivity contribution in [3.63, 3.8) is 0 Å². The summed E-state index contributed by atoms with van der Waals surface area (Å²) in [5, 5.41) is 9.29. The van der Waals surface area contributed by atoms with E-state index in [1.165, 1.54) is 0 Å². The topological polar surface area (TPSA) is 40.5 Å². The van der Waals surface area contributed by atoms with Crippen molar-refractivity contribution < 1.29 is 9.90 Å². The minimum atomic E-state index is -0.982. The Morgan fingerprint density at radius 3 is 2.58 bits per heavy atom. The van der Waals surface area contributed by atoms with Crippen LogP contribution in [-0.4, -0.2) is 24.7 Å². The molecule has 0 unspecified atom stereocenters. The second kappa shape index (κ2) is 6.11. The first kappa shape index (κ1) is 15.6. The van der Waals surface area contributed by atoms with Gasteiger partial charge in [-0.15, -0.1) is 0 Å². The third-order valence-electron chi connectivity index (χ3n) is 2.55. The summed E-state index contributed by atoms with van der Waals surface area (Å²) < 4.78 is 0. The molecular weight excluding hydrogens is 262 g/mol. The molecule has 0 bridgehead atoms. The van der Waals surface area contributed by atoms with E-state index in [2.05, 4.69) is 25.7 Å². The summed E-state index contributed by atoms with van der Waals surface area (Å²) in [6, 6.07) is 5.57. The van der Waals surface area contributed by atoms with Crippen LogP contribution in [-0.2, 0) is 4.79 Å². The molecule has 0 spiro atoms. The third-order valence-corrected chi connectivity index (χ3v) is 2.87. The van der Waals surface area contributed by atoms with Crippen molar-refractivity contribution >= 4 is 29.3 Å². The highest BCUT2D eigenvalue weighted by Crippen LogP contribution is 2.30. The molecule has 0 saturated heterocycles. The van der Waals surface area contributed by atoms with Gasteiger partial charge in [-0.2, -0.15) is 0 Å². The van der Waals surface area contributed by atoms with Crippen LogP contribution < -0.4 is 4.90 Å². The van der Waals surface area contributed by atoms with Crippen molar-refractivity contribution in [2.24, 2.45) is 5.41 Å². The molecule has 0 heterocycles. The molecule has 1 aromatic carbocycles. The maximum absolute atomic E-state index is 10.7. The first-order valence-electron chi connectivity index (χ1n) is 6.11. The molecule has 0 amide bonds. The molecule has 1 rings (SSSR count). The van der Waals surface area contributed by atoms with E-state index in [0.29, 0.717) is 5.02 Å². The van der Waals surface area contributed by atoms with Crippen LogP contribution in [0, 0.1) is 5.41 Å². The Morgan fingerprint density at radius 1 is 1.42 bits per heavy atom. The molecule has 19 heavy (non-hydrogen) atoms. The highest BCUT2D eigenvalue weighted by molar-refractivity contribution is 6.32. The number of hydrogen-bond acceptors (Lipinski definition) is 2. The van der Waals surface area contributed by atoms with Crippen molar-refractivity contribution in [3.8, 4) is 0 Å². The summed E-state index contributed by atoms with van der Waals surface area (Å²) in [5.74, 6) is -0.982. The monoisotopic (exact) mass is 281 g/mol. The third kappa shape index (κ3) is 4.95. The van der Waals surface area contributed by atoms with Gasteiger partial charge in [-0.3, -0.25) is 0 Å². The van der Waals surface area contributed by atoms with Gasteiger partial charge in [0.1, 0.15) is 0 Å². The highest BCUT2D eigenvalue weighted by atomic mass is 35.5. The molecule has 0 aliphatic heterocycles. The van der Waals surface area contributed by atoms with Gasteiger partial charge in [0.25, 0.3) is 0 Å². The molecule has 0 fully saturated rings. The van der Waals surface area contributed by atoms with E-state index in [1.54, 1.807) is 12.1 Å². The lowest BCUT2D eigenvalue weighted by atomic mass is 9.95. The molecule has 0 atom stereocenters. The second-order valence-electron chi connectivity index (χ2n) is 5.76. The van der Waals surface area contributed by atoms with Crippen molar-refractivity contribution in [1.82, 2.24) is 0 Å². The van der Waals surface area contributed by atoms with E-state index < -0.39 is 5.97 Å². The first-order chi connectivity index (χ1) is 8.70. The summed E-state index contributed by atoms with van der Waals surface area (Å²) in [7, 11) is 1.98. The molecule has 1 N–H and O–H groups in total. The van der Waals surface area contributed by atoms with Gasteiger partial charge in [-0.25, -0.2) is 4.79 Å². The summed E-state index contributed by atoms with van der Waals surface area (Å²) >= 11 is 6.16. The maximum atomic E-state index is 10.7. The molecule has 0 aliphatic carbocycles. The smallest absolute Gasteiger partial charge is 0.328 e. The van der Waals surface area contributed by atoms with Crippen LogP contribution in [0.2, 0.25) is 5.02 Å². The Hall–Kier alpha value is -1.48. The van der Waals surface area contributed by atoms with Crippen molar-refractivity contribution in [2.75, 3.05) is 18.5 Å². The van der Waals surface area contributed by atoms with Crippen LogP contribution in [0.1, 0.15) is 26.3 Å². The molecule has 0 aromatic heterocycles. The van der Waals surface area contributed by atoms with Crippen LogP contribution in [0.15, 0.2) is 24.3 Å². The number of halogens is 1. The van der Waals surface area contributed by atoms with Gasteiger partial charge in [-0.1, -0.05) is 38.4 Å². The van der Waals surface area contributed by atoms with Gasteiger partial charge in [0.2, 0.25) is 0 Å². The second-order valence-corrected chi connectivity index (χ2v) is 6.17. The number of nitrogens with zero attached hydrogens (tertiary/aromatic N) is 1. The fraction of sp³-hybridized carbons (Fsp3) is 0.400. The van der Waals surface area contributed by atoms with E-state index in [1.807, 2.05) is 19.2 Å². The summed E-state index contributed by atoms with van der Waals surface area (Å²) in [5.41, 5.74) is 1.81.